The molecule has 8 nitrogen and oxygen atoms in total. The van der Waals surface area contributed by atoms with Crippen molar-refractivity contribution in [1.29, 1.82) is 0 Å². The number of nitrogens with zero attached hydrogens (tertiary/aromatic N) is 4. The van der Waals surface area contributed by atoms with E-state index in [-0.39, 0.29) is 18.4 Å². The molecule has 0 aliphatic carbocycles. The van der Waals surface area contributed by atoms with Crippen molar-refractivity contribution in [2.24, 2.45) is 0 Å². The Morgan fingerprint density at radius 3 is 2.42 bits per heavy atom. The molecular weight excluding hydrogens is 454 g/mol. The van der Waals surface area contributed by atoms with Crippen molar-refractivity contribution in [3.8, 4) is 0 Å². The van der Waals surface area contributed by atoms with Crippen molar-refractivity contribution in [3.63, 3.8) is 0 Å². The van der Waals surface area contributed by atoms with Crippen LogP contribution >= 0.6 is 0 Å². The summed E-state index contributed by atoms with van der Waals surface area (Å²) < 4.78 is 6.70. The van der Waals surface area contributed by atoms with Gasteiger partial charge in [0.2, 0.25) is 11.8 Å². The average molecular weight is 486 g/mol. The minimum atomic E-state index is -0.883. The third kappa shape index (κ3) is 5.44. The molecule has 0 unspecified atom stereocenters. The Labute approximate surface area is 210 Å². The van der Waals surface area contributed by atoms with E-state index in [1.54, 1.807) is 16.7 Å². The van der Waals surface area contributed by atoms with Gasteiger partial charge in [-0.3, -0.25) is 14.5 Å². The lowest BCUT2D eigenvalue weighted by molar-refractivity contribution is -0.127. The van der Waals surface area contributed by atoms with Gasteiger partial charge in [-0.05, 0) is 67.3 Å². The fourth-order valence-electron chi connectivity index (χ4n) is 4.43. The van der Waals surface area contributed by atoms with Gasteiger partial charge in [0.1, 0.15) is 18.1 Å². The maximum atomic E-state index is 14.1. The smallest absolute Gasteiger partial charge is 0.249 e. The van der Waals surface area contributed by atoms with Gasteiger partial charge in [0, 0.05) is 19.3 Å². The lowest BCUT2D eigenvalue weighted by Crippen LogP contribution is -2.46. The van der Waals surface area contributed by atoms with Crippen LogP contribution in [-0.2, 0) is 20.9 Å². The quantitative estimate of drug-likeness (QED) is 0.363. The molecule has 0 bridgehead atoms. The SMILES string of the molecule is COCCNC(=O)[C@H](c1ccccc1C)N(C(=O)Cn1nnc2ccccc21)c1cc(C)cc(C)c1. The Morgan fingerprint density at radius 2 is 1.69 bits per heavy atom. The number of methoxy groups -OCH3 is 1. The summed E-state index contributed by atoms with van der Waals surface area (Å²) in [4.78, 5) is 29.3. The number of hydrogen-bond donors (Lipinski definition) is 1. The van der Waals surface area contributed by atoms with Gasteiger partial charge in [0.15, 0.2) is 0 Å². The first-order valence-corrected chi connectivity index (χ1v) is 11.9. The summed E-state index contributed by atoms with van der Waals surface area (Å²) in [5, 5.41) is 11.3. The molecule has 186 valence electrons. The number of anilines is 1. The van der Waals surface area contributed by atoms with E-state index in [0.29, 0.717) is 24.4 Å². The van der Waals surface area contributed by atoms with Crippen LogP contribution in [0.1, 0.15) is 28.3 Å². The van der Waals surface area contributed by atoms with Gasteiger partial charge >= 0.3 is 0 Å². The van der Waals surface area contributed by atoms with E-state index in [0.717, 1.165) is 27.8 Å². The molecule has 4 rings (SSSR count). The first-order chi connectivity index (χ1) is 17.4. The van der Waals surface area contributed by atoms with Crippen molar-refractivity contribution in [2.45, 2.75) is 33.4 Å². The Bertz CT molecular complexity index is 1360. The number of para-hydroxylation sites is 1. The van der Waals surface area contributed by atoms with E-state index in [4.69, 9.17) is 4.74 Å². The number of nitrogens with one attached hydrogen (secondary N) is 1. The second-order valence-electron chi connectivity index (χ2n) is 8.89. The van der Waals surface area contributed by atoms with Crippen molar-refractivity contribution in [2.75, 3.05) is 25.2 Å². The van der Waals surface area contributed by atoms with E-state index in [1.807, 2.05) is 87.5 Å². The highest BCUT2D eigenvalue weighted by Crippen LogP contribution is 2.31. The molecule has 8 heteroatoms. The predicted octanol–water partition coefficient (Wildman–Crippen LogP) is 3.89. The molecule has 0 radical (unpaired) electrons. The molecule has 0 fully saturated rings. The number of fused-ring (bicyclic) bond motifs is 1. The Kier molecular flexibility index (Phi) is 7.75. The summed E-state index contributed by atoms with van der Waals surface area (Å²) in [7, 11) is 1.58. The van der Waals surface area contributed by atoms with Crippen molar-refractivity contribution in [3.05, 3.63) is 89.0 Å². The number of hydrogen-bond acceptors (Lipinski definition) is 5. The molecule has 4 aromatic rings. The van der Waals surface area contributed by atoms with Crippen LogP contribution in [0.5, 0.6) is 0 Å². The zero-order valence-corrected chi connectivity index (χ0v) is 21.1. The number of aryl methyl sites for hydroxylation is 3. The first kappa shape index (κ1) is 25.1. The monoisotopic (exact) mass is 485 g/mol. The zero-order valence-electron chi connectivity index (χ0n) is 21.1. The predicted molar refractivity (Wildman–Crippen MR) is 140 cm³/mol. The van der Waals surface area contributed by atoms with Crippen LogP contribution in [-0.4, -0.2) is 47.1 Å². The average Bonchev–Trinajstić information content (AvgIpc) is 3.25. The maximum Gasteiger partial charge on any atom is 0.249 e. The highest BCUT2D eigenvalue weighted by Gasteiger charge is 2.34. The Balaban J connectivity index is 1.82. The van der Waals surface area contributed by atoms with E-state index in [1.165, 1.54) is 0 Å². The minimum absolute atomic E-state index is 0.0682. The number of amides is 2. The summed E-state index contributed by atoms with van der Waals surface area (Å²) in [5.74, 6) is -0.553. The molecule has 0 saturated carbocycles. The van der Waals surface area contributed by atoms with Gasteiger partial charge in [-0.2, -0.15) is 0 Å². The van der Waals surface area contributed by atoms with Gasteiger partial charge in [-0.15, -0.1) is 5.10 Å². The molecule has 36 heavy (non-hydrogen) atoms. The van der Waals surface area contributed by atoms with Crippen LogP contribution in [0, 0.1) is 20.8 Å². The summed E-state index contributed by atoms with van der Waals surface area (Å²) in [6, 6.07) is 20.1. The van der Waals surface area contributed by atoms with Crippen LogP contribution in [0.3, 0.4) is 0 Å². The molecule has 2 amide bonds. The van der Waals surface area contributed by atoms with Gasteiger partial charge < -0.3 is 10.1 Å². The zero-order chi connectivity index (χ0) is 25.7. The fraction of sp³-hybridized carbons (Fsp3) is 0.286. The van der Waals surface area contributed by atoms with Crippen molar-refractivity contribution in [1.82, 2.24) is 20.3 Å². The van der Waals surface area contributed by atoms with E-state index >= 15 is 0 Å². The number of ether oxygens (including phenoxy) is 1. The van der Waals surface area contributed by atoms with E-state index < -0.39 is 6.04 Å². The normalized spacial score (nSPS) is 11.9. The van der Waals surface area contributed by atoms with Crippen molar-refractivity contribution >= 4 is 28.5 Å². The lowest BCUT2D eigenvalue weighted by Gasteiger charge is -2.33. The third-order valence-electron chi connectivity index (χ3n) is 6.05. The summed E-state index contributed by atoms with van der Waals surface area (Å²) in [5.41, 5.74) is 5.77. The lowest BCUT2D eigenvalue weighted by atomic mass is 9.97. The van der Waals surface area contributed by atoms with Crippen LogP contribution < -0.4 is 10.2 Å². The van der Waals surface area contributed by atoms with Gasteiger partial charge in [-0.25, -0.2) is 4.68 Å². The van der Waals surface area contributed by atoms with E-state index in [9.17, 15) is 9.59 Å². The second-order valence-corrected chi connectivity index (χ2v) is 8.89. The first-order valence-electron chi connectivity index (χ1n) is 11.9. The Morgan fingerprint density at radius 1 is 1.00 bits per heavy atom. The number of carbonyl (C=O) groups is 2. The Hall–Kier alpha value is -4.04. The van der Waals surface area contributed by atoms with Crippen LogP contribution in [0.15, 0.2) is 66.7 Å². The highest BCUT2D eigenvalue weighted by atomic mass is 16.5. The molecule has 0 aliphatic heterocycles. The molecule has 3 aromatic carbocycles. The van der Waals surface area contributed by atoms with Gasteiger partial charge in [-0.1, -0.05) is 47.7 Å². The standard InChI is InChI=1S/C28H31N5O3/c1-19-15-20(2)17-22(16-19)33(26(34)18-32-25-12-8-7-11-24(25)30-31-32)27(28(35)29-13-14-36-4)23-10-6-5-9-21(23)3/h5-12,15-17,27H,13-14,18H2,1-4H3,(H,29,35)/t27-/m0/s1. The molecule has 0 aliphatic rings. The highest BCUT2D eigenvalue weighted by molar-refractivity contribution is 6.01. The molecule has 1 heterocycles. The van der Waals surface area contributed by atoms with Crippen LogP contribution in [0.4, 0.5) is 5.69 Å². The maximum absolute atomic E-state index is 14.1. The molecule has 1 N–H and O–H groups in total. The minimum Gasteiger partial charge on any atom is -0.383 e. The van der Waals surface area contributed by atoms with Crippen molar-refractivity contribution < 1.29 is 14.3 Å². The topological polar surface area (TPSA) is 89.4 Å². The fourth-order valence-corrected chi connectivity index (χ4v) is 4.43. The third-order valence-corrected chi connectivity index (χ3v) is 6.05. The summed E-state index contributed by atoms with van der Waals surface area (Å²) >= 11 is 0. The molecule has 1 aromatic heterocycles. The van der Waals surface area contributed by atoms with Crippen LogP contribution in [0.2, 0.25) is 0 Å². The summed E-state index contributed by atoms with van der Waals surface area (Å²) in [6.07, 6.45) is 0. The van der Waals surface area contributed by atoms with Crippen LogP contribution in [0.25, 0.3) is 11.0 Å². The summed E-state index contributed by atoms with van der Waals surface area (Å²) in [6.45, 7) is 6.53. The molecule has 1 atom stereocenters. The van der Waals surface area contributed by atoms with Gasteiger partial charge in [0.05, 0.1) is 12.1 Å². The molecular formula is C28H31N5O3. The number of carbonyl (C=O) groups excluding carboxylic acids is 2. The second kappa shape index (κ2) is 11.1. The number of benzene rings is 3. The molecule has 0 spiro atoms. The van der Waals surface area contributed by atoms with E-state index in [2.05, 4.69) is 15.6 Å². The van der Waals surface area contributed by atoms with Gasteiger partial charge in [0.25, 0.3) is 0 Å². The number of aromatic nitrogens is 3. The molecule has 0 saturated heterocycles. The number of rotatable bonds is 9. The largest absolute Gasteiger partial charge is 0.383 e.